The van der Waals surface area contributed by atoms with Gasteiger partial charge in [-0.15, -0.1) is 0 Å². The number of primary amides is 1. The number of rotatable bonds is 4. The maximum absolute atomic E-state index is 12.9. The zero-order valence-electron chi connectivity index (χ0n) is 12.3. The number of carbonyl (C=O) groups excluding carboxylic acids is 1. The summed E-state index contributed by atoms with van der Waals surface area (Å²) < 4.78 is 49.9. The van der Waals surface area contributed by atoms with Gasteiger partial charge in [0.2, 0.25) is 5.91 Å². The number of nitrogens with two attached hydrogens (primary N) is 1. The van der Waals surface area contributed by atoms with Gasteiger partial charge in [0.25, 0.3) is 0 Å². The van der Waals surface area contributed by atoms with Crippen molar-refractivity contribution >= 4 is 5.91 Å². The molecule has 1 unspecified atom stereocenters. The monoisotopic (exact) mass is 320 g/mol. The van der Waals surface area contributed by atoms with Gasteiger partial charge in [0, 0.05) is 12.8 Å². The molecule has 0 bridgehead atoms. The van der Waals surface area contributed by atoms with Gasteiger partial charge in [-0.25, -0.2) is 0 Å². The second kappa shape index (κ2) is 5.37. The van der Waals surface area contributed by atoms with Crippen LogP contribution in [0.3, 0.4) is 0 Å². The van der Waals surface area contributed by atoms with Gasteiger partial charge in [-0.2, -0.15) is 13.2 Å². The minimum Gasteiger partial charge on any atom is -0.367 e. The molecule has 3 aliphatic rings. The third kappa shape index (κ3) is 3.56. The van der Waals surface area contributed by atoms with Crippen molar-refractivity contribution in [2.45, 2.75) is 63.0 Å². The molecule has 0 aromatic carbocycles. The maximum Gasteiger partial charge on any atom is 0.392 e. The Kier molecular flexibility index (Phi) is 3.92. The summed E-state index contributed by atoms with van der Waals surface area (Å²) in [6.07, 6.45) is -0.373. The van der Waals surface area contributed by atoms with E-state index in [0.29, 0.717) is 44.4 Å². The van der Waals surface area contributed by atoms with Crippen LogP contribution in [0.2, 0.25) is 0 Å². The Balaban J connectivity index is 1.65. The van der Waals surface area contributed by atoms with E-state index in [1.807, 2.05) is 0 Å². The van der Waals surface area contributed by atoms with E-state index in [4.69, 9.17) is 15.2 Å². The summed E-state index contributed by atoms with van der Waals surface area (Å²) in [6, 6.07) is 0. The Morgan fingerprint density at radius 2 is 1.86 bits per heavy atom. The summed E-state index contributed by atoms with van der Waals surface area (Å²) in [4.78, 5) is 11.2. The van der Waals surface area contributed by atoms with Crippen molar-refractivity contribution in [3.05, 3.63) is 6.42 Å². The average Bonchev–Trinajstić information content (AvgIpc) is 3.10. The predicted molar refractivity (Wildman–Crippen MR) is 71.3 cm³/mol. The molecule has 3 fully saturated rings. The van der Waals surface area contributed by atoms with Gasteiger partial charge in [0.15, 0.2) is 11.9 Å². The van der Waals surface area contributed by atoms with E-state index < -0.39 is 29.4 Å². The van der Waals surface area contributed by atoms with Gasteiger partial charge in [-0.05, 0) is 30.6 Å². The van der Waals surface area contributed by atoms with E-state index in [2.05, 4.69) is 0 Å². The standard InChI is InChI=1S/C15H21F3NO3/c16-15(17,18)9-13(7-10-1-2-10)3-5-14(6-4-13)21-8-11(22-14)12(19)20/h9-11H,1-8H2,(H2,19,20). The van der Waals surface area contributed by atoms with E-state index in [-0.39, 0.29) is 6.61 Å². The fraction of sp³-hybridized carbons (Fsp3) is 0.867. The molecule has 2 saturated carbocycles. The highest BCUT2D eigenvalue weighted by molar-refractivity contribution is 5.79. The molecule has 125 valence electrons. The van der Waals surface area contributed by atoms with E-state index in [9.17, 15) is 18.0 Å². The van der Waals surface area contributed by atoms with Crippen molar-refractivity contribution < 1.29 is 27.4 Å². The van der Waals surface area contributed by atoms with E-state index in [1.165, 1.54) is 0 Å². The first-order valence-corrected chi connectivity index (χ1v) is 7.76. The minimum absolute atomic E-state index is 0.0912. The van der Waals surface area contributed by atoms with Crippen LogP contribution in [0.1, 0.15) is 44.9 Å². The highest BCUT2D eigenvalue weighted by Crippen LogP contribution is 2.55. The Labute approximate surface area is 127 Å². The zero-order chi connectivity index (χ0) is 16.0. The van der Waals surface area contributed by atoms with Crippen LogP contribution in [0.5, 0.6) is 0 Å². The van der Waals surface area contributed by atoms with Crippen LogP contribution in [0.4, 0.5) is 13.2 Å². The molecule has 1 amide bonds. The minimum atomic E-state index is -4.27. The summed E-state index contributed by atoms with van der Waals surface area (Å²) in [5, 5.41) is 0. The third-order valence-electron chi connectivity index (χ3n) is 5.04. The SMILES string of the molecule is NC(=O)C1COC2(CCC([CH]C(F)(F)F)(CC3CC3)CC2)O1. The summed E-state index contributed by atoms with van der Waals surface area (Å²) >= 11 is 0. The molecule has 3 rings (SSSR count). The largest absolute Gasteiger partial charge is 0.392 e. The first-order valence-electron chi connectivity index (χ1n) is 7.76. The van der Waals surface area contributed by atoms with Gasteiger partial charge in [-0.1, -0.05) is 12.8 Å². The van der Waals surface area contributed by atoms with Crippen molar-refractivity contribution in [1.29, 1.82) is 0 Å². The highest BCUT2D eigenvalue weighted by atomic mass is 19.4. The smallest absolute Gasteiger partial charge is 0.367 e. The summed E-state index contributed by atoms with van der Waals surface area (Å²) in [6.45, 7) is 0.0912. The molecule has 0 aromatic rings. The molecule has 4 nitrogen and oxygen atoms in total. The molecule has 22 heavy (non-hydrogen) atoms. The van der Waals surface area contributed by atoms with Crippen molar-refractivity contribution in [2.24, 2.45) is 17.1 Å². The number of halogens is 3. The van der Waals surface area contributed by atoms with Crippen LogP contribution in [0.15, 0.2) is 0 Å². The molecule has 1 saturated heterocycles. The second-order valence-corrected chi connectivity index (χ2v) is 6.93. The van der Waals surface area contributed by atoms with Gasteiger partial charge < -0.3 is 15.2 Å². The molecule has 1 aliphatic heterocycles. The second-order valence-electron chi connectivity index (χ2n) is 6.93. The fourth-order valence-corrected chi connectivity index (χ4v) is 3.74. The van der Waals surface area contributed by atoms with Crippen LogP contribution in [-0.4, -0.2) is 30.6 Å². The number of amides is 1. The Morgan fingerprint density at radius 3 is 2.32 bits per heavy atom. The average molecular weight is 320 g/mol. The predicted octanol–water partition coefficient (Wildman–Crippen LogP) is 2.71. The Morgan fingerprint density at radius 1 is 1.23 bits per heavy atom. The van der Waals surface area contributed by atoms with E-state index >= 15 is 0 Å². The number of hydrogen-bond acceptors (Lipinski definition) is 3. The summed E-state index contributed by atoms with van der Waals surface area (Å²) in [5.41, 5.74) is 4.38. The van der Waals surface area contributed by atoms with Crippen molar-refractivity contribution in [3.8, 4) is 0 Å². The first kappa shape index (κ1) is 16.1. The molecule has 2 N–H and O–H groups in total. The first-order chi connectivity index (χ1) is 10.2. The van der Waals surface area contributed by atoms with Crippen LogP contribution in [0.25, 0.3) is 0 Å². The quantitative estimate of drug-likeness (QED) is 0.866. The topological polar surface area (TPSA) is 61.6 Å². The lowest BCUT2D eigenvalue weighted by molar-refractivity contribution is -0.205. The van der Waals surface area contributed by atoms with Crippen molar-refractivity contribution in [1.82, 2.24) is 0 Å². The number of ether oxygens (including phenoxy) is 2. The molecule has 1 radical (unpaired) electrons. The Bertz CT molecular complexity index is 440. The molecular formula is C15H21F3NO3. The van der Waals surface area contributed by atoms with E-state index in [0.717, 1.165) is 12.8 Å². The van der Waals surface area contributed by atoms with Crippen LogP contribution >= 0.6 is 0 Å². The molecule has 2 aliphatic carbocycles. The lowest BCUT2D eigenvalue weighted by atomic mass is 9.67. The summed E-state index contributed by atoms with van der Waals surface area (Å²) in [5.74, 6) is -1.10. The van der Waals surface area contributed by atoms with Crippen LogP contribution in [-0.2, 0) is 14.3 Å². The zero-order valence-corrected chi connectivity index (χ0v) is 12.3. The van der Waals surface area contributed by atoms with Crippen molar-refractivity contribution in [3.63, 3.8) is 0 Å². The third-order valence-corrected chi connectivity index (χ3v) is 5.04. The molecule has 0 aromatic heterocycles. The lowest BCUT2D eigenvalue weighted by Crippen LogP contribution is -2.43. The fourth-order valence-electron chi connectivity index (χ4n) is 3.74. The highest BCUT2D eigenvalue weighted by Gasteiger charge is 2.53. The molecule has 1 spiro atoms. The van der Waals surface area contributed by atoms with E-state index in [1.54, 1.807) is 0 Å². The lowest BCUT2D eigenvalue weighted by Gasteiger charge is -2.44. The normalized spacial score (nSPS) is 39.3. The molecule has 1 atom stereocenters. The summed E-state index contributed by atoms with van der Waals surface area (Å²) in [7, 11) is 0. The van der Waals surface area contributed by atoms with Gasteiger partial charge in [0.05, 0.1) is 13.0 Å². The van der Waals surface area contributed by atoms with Crippen LogP contribution < -0.4 is 5.73 Å². The van der Waals surface area contributed by atoms with Gasteiger partial charge in [-0.3, -0.25) is 4.79 Å². The number of hydrogen-bond donors (Lipinski definition) is 1. The van der Waals surface area contributed by atoms with Crippen LogP contribution in [0, 0.1) is 17.8 Å². The molecule has 7 heteroatoms. The Hall–Kier alpha value is -0.820. The molecule has 1 heterocycles. The van der Waals surface area contributed by atoms with Gasteiger partial charge >= 0.3 is 6.18 Å². The maximum atomic E-state index is 12.9. The number of carbonyl (C=O) groups is 1. The molecular weight excluding hydrogens is 299 g/mol. The van der Waals surface area contributed by atoms with Crippen molar-refractivity contribution in [2.75, 3.05) is 6.61 Å². The number of alkyl halides is 3. The van der Waals surface area contributed by atoms with Gasteiger partial charge in [0.1, 0.15) is 0 Å².